The quantitative estimate of drug-likeness (QED) is 0.251. The molecule has 6 aromatic rings. The number of allylic oxidation sites excluding steroid dienone is 2. The first-order valence-corrected chi connectivity index (χ1v) is 13.3. The predicted molar refractivity (Wildman–Crippen MR) is 156 cm³/mol. The van der Waals surface area contributed by atoms with Crippen LogP contribution in [0, 0.1) is 0 Å². The molecule has 0 radical (unpaired) electrons. The van der Waals surface area contributed by atoms with Crippen LogP contribution in [0.4, 0.5) is 0 Å². The molecule has 8 rings (SSSR count). The zero-order valence-corrected chi connectivity index (χ0v) is 21.4. The molecule has 0 saturated heterocycles. The van der Waals surface area contributed by atoms with Crippen LogP contribution in [0.25, 0.3) is 45.4 Å². The molecule has 0 fully saturated rings. The topological polar surface area (TPSA) is 65.2 Å². The highest BCUT2D eigenvalue weighted by Gasteiger charge is 2.36. The molecule has 4 heterocycles. The molecular formula is C34H23N5O. The molecule has 40 heavy (non-hydrogen) atoms. The maximum atomic E-state index is 6.50. The lowest BCUT2D eigenvalue weighted by Gasteiger charge is -2.18. The minimum Gasteiger partial charge on any atom is -0.485 e. The minimum absolute atomic E-state index is 0.0455. The fourth-order valence-electron chi connectivity index (χ4n) is 5.53. The van der Waals surface area contributed by atoms with Gasteiger partial charge in [0.15, 0.2) is 17.5 Å². The second kappa shape index (κ2) is 9.13. The summed E-state index contributed by atoms with van der Waals surface area (Å²) in [4.78, 5) is 19.6. The van der Waals surface area contributed by atoms with Crippen molar-refractivity contribution in [2.24, 2.45) is 0 Å². The Bertz CT molecular complexity index is 1850. The molecule has 6 nitrogen and oxygen atoms in total. The van der Waals surface area contributed by atoms with E-state index < -0.39 is 0 Å². The van der Waals surface area contributed by atoms with Crippen molar-refractivity contribution in [3.05, 3.63) is 139 Å². The first kappa shape index (κ1) is 22.6. The summed E-state index contributed by atoms with van der Waals surface area (Å²) in [5.74, 6) is 2.82. The van der Waals surface area contributed by atoms with Crippen molar-refractivity contribution < 1.29 is 4.74 Å². The average Bonchev–Trinajstić information content (AvgIpc) is 3.63. The van der Waals surface area contributed by atoms with Gasteiger partial charge in [-0.25, -0.2) is 19.9 Å². The zero-order chi connectivity index (χ0) is 26.5. The zero-order valence-electron chi connectivity index (χ0n) is 21.4. The number of aromatic nitrogens is 5. The second-order valence-corrected chi connectivity index (χ2v) is 9.94. The number of ether oxygens (including phenoxy) is 1. The average molecular weight is 518 g/mol. The number of fused-ring (bicyclic) bond motifs is 4. The molecule has 3 aromatic heterocycles. The van der Waals surface area contributed by atoms with Crippen molar-refractivity contribution in [2.45, 2.75) is 12.0 Å². The fraction of sp³-hybridized carbons (Fsp3) is 0.0588. The normalized spacial score (nSPS) is 17.2. The van der Waals surface area contributed by atoms with E-state index in [1.54, 1.807) is 0 Å². The van der Waals surface area contributed by atoms with Gasteiger partial charge >= 0.3 is 0 Å². The highest BCUT2D eigenvalue weighted by atomic mass is 16.5. The SMILES string of the molecule is C1=CC2c3c(cccc3-c3nc(-c4ccccc4)nc(-c4ccccc4)n3)OC2C=C1c1cn2ccccc2n1. The van der Waals surface area contributed by atoms with Gasteiger partial charge in [0.1, 0.15) is 17.5 Å². The monoisotopic (exact) mass is 517 g/mol. The Labute approximate surface area is 231 Å². The van der Waals surface area contributed by atoms with Crippen molar-refractivity contribution >= 4 is 11.2 Å². The smallest absolute Gasteiger partial charge is 0.164 e. The Balaban J connectivity index is 1.22. The number of pyridine rings is 1. The molecule has 2 atom stereocenters. The van der Waals surface area contributed by atoms with E-state index in [2.05, 4.69) is 30.5 Å². The standard InChI is InChI=1S/C34H23N5O/c1-3-10-22(11-4-1)32-36-33(23-12-5-2-6-13-23)38-34(37-32)26-14-9-15-28-31(26)25-18-17-24(20-29(25)40-28)27-21-39-19-8-7-16-30(39)35-27/h1-21,25,29H. The van der Waals surface area contributed by atoms with E-state index >= 15 is 0 Å². The van der Waals surface area contributed by atoms with Crippen LogP contribution in [0.5, 0.6) is 5.75 Å². The minimum atomic E-state index is -0.134. The summed E-state index contributed by atoms with van der Waals surface area (Å²) in [6.07, 6.45) is 10.5. The summed E-state index contributed by atoms with van der Waals surface area (Å²) in [6, 6.07) is 32.2. The van der Waals surface area contributed by atoms with Gasteiger partial charge in [-0.15, -0.1) is 0 Å². The largest absolute Gasteiger partial charge is 0.485 e. The maximum Gasteiger partial charge on any atom is 0.164 e. The molecule has 6 heteroatoms. The van der Waals surface area contributed by atoms with Crippen molar-refractivity contribution in [3.8, 4) is 39.9 Å². The fourth-order valence-corrected chi connectivity index (χ4v) is 5.53. The molecule has 2 aliphatic rings. The van der Waals surface area contributed by atoms with Gasteiger partial charge in [0.2, 0.25) is 0 Å². The van der Waals surface area contributed by atoms with Crippen LogP contribution < -0.4 is 4.74 Å². The van der Waals surface area contributed by atoms with Crippen LogP contribution in [-0.2, 0) is 0 Å². The van der Waals surface area contributed by atoms with Gasteiger partial charge in [0, 0.05) is 46.1 Å². The first-order valence-electron chi connectivity index (χ1n) is 13.3. The van der Waals surface area contributed by atoms with Crippen LogP contribution in [-0.4, -0.2) is 30.4 Å². The summed E-state index contributed by atoms with van der Waals surface area (Å²) in [7, 11) is 0. The molecular weight excluding hydrogens is 494 g/mol. The van der Waals surface area contributed by atoms with Crippen LogP contribution in [0.1, 0.15) is 17.2 Å². The van der Waals surface area contributed by atoms with E-state index in [1.807, 2.05) is 102 Å². The number of imidazole rings is 1. The van der Waals surface area contributed by atoms with E-state index in [0.717, 1.165) is 44.9 Å². The van der Waals surface area contributed by atoms with Crippen molar-refractivity contribution in [1.82, 2.24) is 24.3 Å². The lowest BCUT2D eigenvalue weighted by atomic mass is 9.86. The Morgan fingerprint density at radius 1 is 0.650 bits per heavy atom. The summed E-state index contributed by atoms with van der Waals surface area (Å²) >= 11 is 0. The van der Waals surface area contributed by atoms with Gasteiger partial charge in [-0.05, 0) is 24.3 Å². The molecule has 0 N–H and O–H groups in total. The van der Waals surface area contributed by atoms with Gasteiger partial charge in [-0.1, -0.05) is 91.0 Å². The lowest BCUT2D eigenvalue weighted by Crippen LogP contribution is -2.17. The van der Waals surface area contributed by atoms with Crippen molar-refractivity contribution in [1.29, 1.82) is 0 Å². The highest BCUT2D eigenvalue weighted by molar-refractivity contribution is 5.78. The number of hydrogen-bond donors (Lipinski definition) is 0. The van der Waals surface area contributed by atoms with Crippen LogP contribution in [0.3, 0.4) is 0 Å². The number of hydrogen-bond acceptors (Lipinski definition) is 5. The molecule has 1 aliphatic carbocycles. The van der Waals surface area contributed by atoms with E-state index in [0.29, 0.717) is 17.5 Å². The highest BCUT2D eigenvalue weighted by Crippen LogP contribution is 2.47. The Kier molecular flexibility index (Phi) is 5.16. The first-order chi connectivity index (χ1) is 19.8. The number of rotatable bonds is 4. The van der Waals surface area contributed by atoms with E-state index in [1.165, 1.54) is 0 Å². The second-order valence-electron chi connectivity index (χ2n) is 9.94. The van der Waals surface area contributed by atoms with Crippen molar-refractivity contribution in [2.75, 3.05) is 0 Å². The van der Waals surface area contributed by atoms with E-state index in [-0.39, 0.29) is 12.0 Å². The summed E-state index contributed by atoms with van der Waals surface area (Å²) in [6.45, 7) is 0. The molecule has 0 bridgehead atoms. The van der Waals surface area contributed by atoms with E-state index in [9.17, 15) is 0 Å². The van der Waals surface area contributed by atoms with Crippen LogP contribution >= 0.6 is 0 Å². The summed E-state index contributed by atoms with van der Waals surface area (Å²) < 4.78 is 8.53. The van der Waals surface area contributed by atoms with Crippen molar-refractivity contribution in [3.63, 3.8) is 0 Å². The number of nitrogens with zero attached hydrogens (tertiary/aromatic N) is 5. The summed E-state index contributed by atoms with van der Waals surface area (Å²) in [5.41, 5.74) is 6.85. The Morgan fingerprint density at radius 2 is 1.35 bits per heavy atom. The van der Waals surface area contributed by atoms with E-state index in [4.69, 9.17) is 24.7 Å². The molecule has 1 aliphatic heterocycles. The Morgan fingerprint density at radius 3 is 2.08 bits per heavy atom. The third-order valence-corrected chi connectivity index (χ3v) is 7.44. The number of benzene rings is 3. The molecule has 190 valence electrons. The Hall–Kier alpha value is -5.36. The van der Waals surface area contributed by atoms with Gasteiger partial charge in [-0.2, -0.15) is 0 Å². The predicted octanol–water partition coefficient (Wildman–Crippen LogP) is 7.02. The van der Waals surface area contributed by atoms with Gasteiger partial charge in [0.25, 0.3) is 0 Å². The van der Waals surface area contributed by atoms with Gasteiger partial charge < -0.3 is 9.14 Å². The lowest BCUT2D eigenvalue weighted by molar-refractivity contribution is 0.269. The molecule has 0 spiro atoms. The van der Waals surface area contributed by atoms with Crippen LogP contribution in [0.15, 0.2) is 128 Å². The van der Waals surface area contributed by atoms with Crippen LogP contribution in [0.2, 0.25) is 0 Å². The molecule has 3 aromatic carbocycles. The third-order valence-electron chi connectivity index (χ3n) is 7.44. The van der Waals surface area contributed by atoms with Gasteiger partial charge in [0.05, 0.1) is 5.69 Å². The molecule has 2 unspecified atom stereocenters. The van der Waals surface area contributed by atoms with Gasteiger partial charge in [-0.3, -0.25) is 0 Å². The maximum absolute atomic E-state index is 6.50. The summed E-state index contributed by atoms with van der Waals surface area (Å²) in [5, 5.41) is 0. The molecule has 0 amide bonds. The molecule has 0 saturated carbocycles. The third kappa shape index (κ3) is 3.81.